The van der Waals surface area contributed by atoms with E-state index in [1.807, 2.05) is 0 Å². The summed E-state index contributed by atoms with van der Waals surface area (Å²) in [4.78, 5) is 15.9. The molecule has 0 atom stereocenters. The number of aromatic nitrogens is 3. The van der Waals surface area contributed by atoms with E-state index in [1.54, 1.807) is 42.7 Å². The molecule has 2 aromatic heterocycles. The molecule has 0 amide bonds. The molecule has 0 saturated carbocycles. The van der Waals surface area contributed by atoms with Crippen LogP contribution < -0.4 is 5.56 Å². The molecule has 6 nitrogen and oxygen atoms in total. The highest BCUT2D eigenvalue weighted by molar-refractivity contribution is 6.43. The van der Waals surface area contributed by atoms with Gasteiger partial charge in [0.05, 0.1) is 15.7 Å². The van der Waals surface area contributed by atoms with Gasteiger partial charge < -0.3 is 0 Å². The van der Waals surface area contributed by atoms with Crippen molar-refractivity contribution in [3.05, 3.63) is 63.1 Å². The van der Waals surface area contributed by atoms with Gasteiger partial charge in [0.25, 0.3) is 5.56 Å². The normalized spacial score (nSPS) is 11.2. The topological polar surface area (TPSA) is 86.3 Å². The lowest BCUT2D eigenvalue weighted by molar-refractivity contribution is 1.06. The first-order valence-electron chi connectivity index (χ1n) is 6.23. The molecule has 0 saturated heterocycles. The maximum Gasteiger partial charge on any atom is 0.292 e. The number of nitrogens with zero attached hydrogens (tertiary/aromatic N) is 3. The molecule has 3 rings (SSSR count). The molecule has 3 aromatic rings. The van der Waals surface area contributed by atoms with Crippen molar-refractivity contribution in [3.8, 4) is 11.3 Å². The summed E-state index contributed by atoms with van der Waals surface area (Å²) in [5.41, 5.74) is 1.35. The van der Waals surface area contributed by atoms with E-state index in [0.717, 1.165) is 0 Å². The summed E-state index contributed by atoms with van der Waals surface area (Å²) < 4.78 is 0. The van der Waals surface area contributed by atoms with Crippen LogP contribution in [0.4, 0.5) is 11.4 Å². The second-order valence-electron chi connectivity index (χ2n) is 4.32. The van der Waals surface area contributed by atoms with Gasteiger partial charge in [0.2, 0.25) is 0 Å². The molecule has 1 aromatic carbocycles. The monoisotopic (exact) mass is 333 g/mol. The number of H-pyrrole nitrogens is 2. The van der Waals surface area contributed by atoms with Crippen LogP contribution in [-0.2, 0) is 0 Å². The number of hydrogen-bond donors (Lipinski definition) is 2. The minimum atomic E-state index is -0.388. The summed E-state index contributed by atoms with van der Waals surface area (Å²) in [6, 6.07) is 8.56. The van der Waals surface area contributed by atoms with Crippen molar-refractivity contribution in [2.24, 2.45) is 10.2 Å². The third-order valence-electron chi connectivity index (χ3n) is 2.89. The van der Waals surface area contributed by atoms with Gasteiger partial charge in [-0.2, -0.15) is 0 Å². The predicted molar refractivity (Wildman–Crippen MR) is 85.3 cm³/mol. The number of pyridine rings is 1. The van der Waals surface area contributed by atoms with Gasteiger partial charge in [-0.1, -0.05) is 29.3 Å². The zero-order chi connectivity index (χ0) is 15.5. The zero-order valence-electron chi connectivity index (χ0n) is 11.0. The van der Waals surface area contributed by atoms with Crippen molar-refractivity contribution < 1.29 is 0 Å². The minimum absolute atomic E-state index is 0.143. The van der Waals surface area contributed by atoms with Crippen LogP contribution in [0.2, 0.25) is 10.0 Å². The van der Waals surface area contributed by atoms with E-state index in [0.29, 0.717) is 22.0 Å². The standard InChI is InChI=1S/C14H9Cl2N5O/c15-9-4-1-5-10(11(9)16)18-20-13-12(19-21-14(13)22)8-3-2-6-17-7-8/h1-7H,(H2,19,21,22). The summed E-state index contributed by atoms with van der Waals surface area (Å²) in [5, 5.41) is 13.9. The molecule has 0 bridgehead atoms. The molecular formula is C14H9Cl2N5O. The van der Waals surface area contributed by atoms with Crippen LogP contribution >= 0.6 is 23.2 Å². The van der Waals surface area contributed by atoms with Crippen LogP contribution in [0.1, 0.15) is 0 Å². The summed E-state index contributed by atoms with van der Waals surface area (Å²) in [5.74, 6) is 0. The Kier molecular flexibility index (Phi) is 4.04. The van der Waals surface area contributed by atoms with Crippen LogP contribution in [0.15, 0.2) is 57.7 Å². The van der Waals surface area contributed by atoms with Gasteiger partial charge in [-0.05, 0) is 24.3 Å². The smallest absolute Gasteiger partial charge is 0.292 e. The molecule has 0 aliphatic carbocycles. The highest BCUT2D eigenvalue weighted by Gasteiger charge is 2.12. The fourth-order valence-corrected chi connectivity index (χ4v) is 2.17. The quantitative estimate of drug-likeness (QED) is 0.692. The Hall–Kier alpha value is -2.44. The van der Waals surface area contributed by atoms with Gasteiger partial charge in [0.15, 0.2) is 5.69 Å². The maximum absolute atomic E-state index is 11.9. The molecule has 0 aliphatic rings. The van der Waals surface area contributed by atoms with E-state index in [-0.39, 0.29) is 16.3 Å². The number of aromatic amines is 2. The first kappa shape index (κ1) is 14.5. The molecule has 110 valence electrons. The molecule has 8 heteroatoms. The zero-order valence-corrected chi connectivity index (χ0v) is 12.6. The van der Waals surface area contributed by atoms with Gasteiger partial charge in [-0.15, -0.1) is 10.2 Å². The van der Waals surface area contributed by atoms with Crippen LogP contribution in [-0.4, -0.2) is 15.2 Å². The van der Waals surface area contributed by atoms with Crippen molar-refractivity contribution in [2.75, 3.05) is 0 Å². The summed E-state index contributed by atoms with van der Waals surface area (Å²) in [6.45, 7) is 0. The van der Waals surface area contributed by atoms with Gasteiger partial charge in [-0.25, -0.2) is 0 Å². The van der Waals surface area contributed by atoms with Crippen LogP contribution in [0, 0.1) is 0 Å². The molecule has 0 unspecified atom stereocenters. The summed E-state index contributed by atoms with van der Waals surface area (Å²) in [6.07, 6.45) is 3.26. The molecular weight excluding hydrogens is 325 g/mol. The number of benzene rings is 1. The van der Waals surface area contributed by atoms with E-state index in [4.69, 9.17) is 23.2 Å². The number of nitrogens with one attached hydrogen (secondary N) is 2. The molecule has 2 N–H and O–H groups in total. The minimum Gasteiger partial charge on any atom is -0.295 e. The van der Waals surface area contributed by atoms with E-state index in [1.165, 1.54) is 0 Å². The lowest BCUT2D eigenvalue weighted by atomic mass is 10.2. The lowest BCUT2D eigenvalue weighted by Crippen LogP contribution is -1.96. The molecule has 0 fully saturated rings. The summed E-state index contributed by atoms with van der Waals surface area (Å²) >= 11 is 12.0. The van der Waals surface area contributed by atoms with Crippen LogP contribution in [0.5, 0.6) is 0 Å². The summed E-state index contributed by atoms with van der Waals surface area (Å²) in [7, 11) is 0. The molecule has 0 spiro atoms. The number of halogens is 2. The predicted octanol–water partition coefficient (Wildman–Crippen LogP) is 4.49. The molecule has 0 aliphatic heterocycles. The fourth-order valence-electron chi connectivity index (χ4n) is 1.84. The molecule has 0 radical (unpaired) electrons. The fraction of sp³-hybridized carbons (Fsp3) is 0. The van der Waals surface area contributed by atoms with Gasteiger partial charge >= 0.3 is 0 Å². The SMILES string of the molecule is O=c1[nH][nH]c(-c2cccnc2)c1N=Nc1cccc(Cl)c1Cl. The van der Waals surface area contributed by atoms with E-state index >= 15 is 0 Å². The average molecular weight is 334 g/mol. The van der Waals surface area contributed by atoms with Crippen LogP contribution in [0.3, 0.4) is 0 Å². The van der Waals surface area contributed by atoms with Crippen LogP contribution in [0.25, 0.3) is 11.3 Å². The van der Waals surface area contributed by atoms with E-state index in [2.05, 4.69) is 25.4 Å². The Balaban J connectivity index is 2.03. The average Bonchev–Trinajstić information content (AvgIpc) is 2.91. The Morgan fingerprint density at radius 3 is 2.68 bits per heavy atom. The van der Waals surface area contributed by atoms with E-state index in [9.17, 15) is 4.79 Å². The number of azo groups is 1. The van der Waals surface area contributed by atoms with Crippen molar-refractivity contribution in [2.45, 2.75) is 0 Å². The van der Waals surface area contributed by atoms with Gasteiger partial charge in [-0.3, -0.25) is 20.0 Å². The first-order chi connectivity index (χ1) is 10.7. The third kappa shape index (κ3) is 2.79. The largest absolute Gasteiger partial charge is 0.295 e. The Morgan fingerprint density at radius 2 is 1.91 bits per heavy atom. The molecule has 22 heavy (non-hydrogen) atoms. The van der Waals surface area contributed by atoms with Crippen molar-refractivity contribution in [1.82, 2.24) is 15.2 Å². The highest BCUT2D eigenvalue weighted by Crippen LogP contribution is 2.33. The first-order valence-corrected chi connectivity index (χ1v) is 6.99. The Bertz CT molecular complexity index is 886. The van der Waals surface area contributed by atoms with Crippen molar-refractivity contribution >= 4 is 34.6 Å². The van der Waals surface area contributed by atoms with Crippen molar-refractivity contribution in [3.63, 3.8) is 0 Å². The van der Waals surface area contributed by atoms with Gasteiger partial charge in [0, 0.05) is 18.0 Å². The number of hydrogen-bond acceptors (Lipinski definition) is 4. The maximum atomic E-state index is 11.9. The van der Waals surface area contributed by atoms with Crippen molar-refractivity contribution in [1.29, 1.82) is 0 Å². The second-order valence-corrected chi connectivity index (χ2v) is 5.10. The Morgan fingerprint density at radius 1 is 1.05 bits per heavy atom. The molecule has 2 heterocycles. The van der Waals surface area contributed by atoms with Gasteiger partial charge in [0.1, 0.15) is 5.69 Å². The number of rotatable bonds is 3. The highest BCUT2D eigenvalue weighted by atomic mass is 35.5. The second kappa shape index (κ2) is 6.13. The Labute approximate surface area is 134 Å². The van der Waals surface area contributed by atoms with E-state index < -0.39 is 0 Å². The lowest BCUT2D eigenvalue weighted by Gasteiger charge is -1.99. The third-order valence-corrected chi connectivity index (χ3v) is 3.70.